The summed E-state index contributed by atoms with van der Waals surface area (Å²) in [6.07, 6.45) is 0. The van der Waals surface area contributed by atoms with E-state index in [4.69, 9.17) is 14.8 Å². The summed E-state index contributed by atoms with van der Waals surface area (Å²) in [5.41, 5.74) is 5.09. The lowest BCUT2D eigenvalue weighted by Crippen LogP contribution is -2.28. The molecule has 5 rings (SSSR count). The highest BCUT2D eigenvalue weighted by molar-refractivity contribution is 5.95. The summed E-state index contributed by atoms with van der Waals surface area (Å²) in [4.78, 5) is 17.0. The summed E-state index contributed by atoms with van der Waals surface area (Å²) in [6, 6.07) is 27.5. The Balaban J connectivity index is 1.42. The quantitative estimate of drug-likeness (QED) is 0.357. The second-order valence-corrected chi connectivity index (χ2v) is 8.13. The zero-order valence-corrected chi connectivity index (χ0v) is 19.1. The second kappa shape index (κ2) is 9.77. The van der Waals surface area contributed by atoms with E-state index in [0.717, 1.165) is 33.5 Å². The molecular weight excluding hydrogens is 443 g/mol. The Morgan fingerprint density at radius 1 is 0.971 bits per heavy atom. The Labute approximate surface area is 202 Å². The van der Waals surface area contributed by atoms with Crippen LogP contribution in [0.5, 0.6) is 5.88 Å². The van der Waals surface area contributed by atoms with E-state index in [1.165, 1.54) is 12.1 Å². The molecule has 0 atom stereocenters. The van der Waals surface area contributed by atoms with Gasteiger partial charge in [0.15, 0.2) is 12.3 Å². The highest BCUT2D eigenvalue weighted by Crippen LogP contribution is 2.33. The van der Waals surface area contributed by atoms with Crippen LogP contribution in [0, 0.1) is 12.7 Å². The van der Waals surface area contributed by atoms with Gasteiger partial charge in [0, 0.05) is 18.2 Å². The molecule has 0 saturated carbocycles. The number of fused-ring (bicyclic) bond motifs is 1. The Kier molecular flexibility index (Phi) is 6.22. The normalized spacial score (nSPS) is 10.9. The lowest BCUT2D eigenvalue weighted by atomic mass is 10.1. The first-order valence-corrected chi connectivity index (χ1v) is 11.2. The van der Waals surface area contributed by atoms with Crippen molar-refractivity contribution in [1.82, 2.24) is 20.1 Å². The number of halogens is 1. The Morgan fingerprint density at radius 2 is 1.66 bits per heavy atom. The molecule has 0 radical (unpaired) electrons. The number of rotatable bonds is 7. The molecule has 174 valence electrons. The minimum absolute atomic E-state index is 0.190. The Hall–Kier alpha value is -4.52. The van der Waals surface area contributed by atoms with Crippen molar-refractivity contribution in [2.75, 3.05) is 6.61 Å². The number of pyridine rings is 1. The number of nitrogens with zero attached hydrogens (tertiary/aromatic N) is 3. The molecule has 7 heteroatoms. The average molecular weight is 467 g/mol. The first kappa shape index (κ1) is 22.3. The van der Waals surface area contributed by atoms with Crippen LogP contribution in [0.15, 0.2) is 91.0 Å². The molecule has 0 aliphatic rings. The van der Waals surface area contributed by atoms with E-state index in [9.17, 15) is 9.18 Å². The maximum atomic E-state index is 13.1. The number of carbonyl (C=O) groups is 1. The predicted octanol–water partition coefficient (Wildman–Crippen LogP) is 5.23. The summed E-state index contributed by atoms with van der Waals surface area (Å²) in [6.45, 7) is 2.08. The van der Waals surface area contributed by atoms with E-state index < -0.39 is 0 Å². The van der Waals surface area contributed by atoms with Gasteiger partial charge >= 0.3 is 0 Å². The van der Waals surface area contributed by atoms with Crippen molar-refractivity contribution in [3.63, 3.8) is 0 Å². The predicted molar refractivity (Wildman–Crippen MR) is 133 cm³/mol. The van der Waals surface area contributed by atoms with E-state index in [1.807, 2.05) is 73.7 Å². The van der Waals surface area contributed by atoms with Crippen molar-refractivity contribution in [2.45, 2.75) is 13.5 Å². The number of hydrogen-bond acceptors (Lipinski definition) is 4. The number of aromatic nitrogens is 3. The molecule has 35 heavy (non-hydrogen) atoms. The van der Waals surface area contributed by atoms with Gasteiger partial charge in [0.05, 0.1) is 11.1 Å². The number of benzene rings is 3. The van der Waals surface area contributed by atoms with Crippen molar-refractivity contribution in [3.05, 3.63) is 108 Å². The van der Waals surface area contributed by atoms with Gasteiger partial charge in [-0.1, -0.05) is 60.7 Å². The molecule has 3 aromatic carbocycles. The molecule has 1 N–H and O–H groups in total. The zero-order valence-electron chi connectivity index (χ0n) is 19.1. The molecule has 0 aliphatic heterocycles. The molecule has 0 aliphatic carbocycles. The van der Waals surface area contributed by atoms with Crippen LogP contribution < -0.4 is 10.1 Å². The molecular formula is C28H23FN4O2. The average Bonchev–Trinajstić information content (AvgIpc) is 3.28. The number of carbonyl (C=O) groups excluding carboxylic acids is 1. The summed E-state index contributed by atoms with van der Waals surface area (Å²) < 4.78 is 20.6. The number of ether oxygens (including phenoxy) is 1. The van der Waals surface area contributed by atoms with Gasteiger partial charge in [-0.2, -0.15) is 10.1 Å². The molecule has 0 saturated heterocycles. The fourth-order valence-electron chi connectivity index (χ4n) is 3.88. The Morgan fingerprint density at radius 3 is 2.37 bits per heavy atom. The third-order valence-corrected chi connectivity index (χ3v) is 5.61. The van der Waals surface area contributed by atoms with Crippen molar-refractivity contribution in [2.24, 2.45) is 0 Å². The van der Waals surface area contributed by atoms with Gasteiger partial charge in [-0.15, -0.1) is 0 Å². The zero-order chi connectivity index (χ0) is 24.2. The van der Waals surface area contributed by atoms with E-state index in [1.54, 1.807) is 16.8 Å². The molecule has 5 aromatic rings. The molecule has 0 spiro atoms. The van der Waals surface area contributed by atoms with E-state index in [-0.39, 0.29) is 24.9 Å². The minimum Gasteiger partial charge on any atom is -0.468 e. The molecule has 0 bridgehead atoms. The van der Waals surface area contributed by atoms with Crippen LogP contribution in [0.2, 0.25) is 0 Å². The van der Waals surface area contributed by atoms with Gasteiger partial charge in [-0.3, -0.25) is 4.79 Å². The van der Waals surface area contributed by atoms with E-state index >= 15 is 0 Å². The largest absolute Gasteiger partial charge is 0.468 e. The number of amides is 1. The number of para-hydroxylation sites is 1. The third kappa shape index (κ3) is 4.89. The molecule has 2 heterocycles. The molecule has 0 unspecified atom stereocenters. The van der Waals surface area contributed by atoms with Crippen LogP contribution in [-0.4, -0.2) is 27.3 Å². The summed E-state index contributed by atoms with van der Waals surface area (Å²) in [5, 5.41) is 8.58. The topological polar surface area (TPSA) is 69.0 Å². The number of aryl methyl sites for hydroxylation is 1. The van der Waals surface area contributed by atoms with Gasteiger partial charge in [-0.05, 0) is 42.3 Å². The van der Waals surface area contributed by atoms with Gasteiger partial charge < -0.3 is 10.1 Å². The standard InChI is InChI=1S/C28H23FN4O2/c1-19-16-25(35-18-24(34)30-17-20-12-14-22(29)15-13-20)31-28-26(19)27(21-8-4-2-5-9-21)32-33(28)23-10-6-3-7-11-23/h2-16H,17-18H2,1H3,(H,30,34). The summed E-state index contributed by atoms with van der Waals surface area (Å²) in [7, 11) is 0. The first-order valence-electron chi connectivity index (χ1n) is 11.2. The fourth-order valence-corrected chi connectivity index (χ4v) is 3.88. The smallest absolute Gasteiger partial charge is 0.258 e. The lowest BCUT2D eigenvalue weighted by Gasteiger charge is -2.09. The monoisotopic (exact) mass is 466 g/mol. The van der Waals surface area contributed by atoms with Gasteiger partial charge in [0.1, 0.15) is 11.5 Å². The highest BCUT2D eigenvalue weighted by Gasteiger charge is 2.18. The van der Waals surface area contributed by atoms with Crippen molar-refractivity contribution in [1.29, 1.82) is 0 Å². The third-order valence-electron chi connectivity index (χ3n) is 5.61. The number of hydrogen-bond donors (Lipinski definition) is 1. The maximum Gasteiger partial charge on any atom is 0.258 e. The molecule has 0 fully saturated rings. The summed E-state index contributed by atoms with van der Waals surface area (Å²) >= 11 is 0. The van der Waals surface area contributed by atoms with Crippen LogP contribution >= 0.6 is 0 Å². The molecule has 1 amide bonds. The maximum absolute atomic E-state index is 13.1. The van der Waals surface area contributed by atoms with Crippen LogP contribution in [0.4, 0.5) is 4.39 Å². The van der Waals surface area contributed by atoms with Crippen LogP contribution in [0.3, 0.4) is 0 Å². The van der Waals surface area contributed by atoms with E-state index in [0.29, 0.717) is 11.5 Å². The lowest BCUT2D eigenvalue weighted by molar-refractivity contribution is -0.123. The van der Waals surface area contributed by atoms with Crippen LogP contribution in [-0.2, 0) is 11.3 Å². The second-order valence-electron chi connectivity index (χ2n) is 8.13. The van der Waals surface area contributed by atoms with Gasteiger partial charge in [0.25, 0.3) is 5.91 Å². The van der Waals surface area contributed by atoms with Crippen molar-refractivity contribution in [3.8, 4) is 22.8 Å². The van der Waals surface area contributed by atoms with Crippen molar-refractivity contribution < 1.29 is 13.9 Å². The van der Waals surface area contributed by atoms with Gasteiger partial charge in [0.2, 0.25) is 5.88 Å². The Bertz CT molecular complexity index is 1470. The van der Waals surface area contributed by atoms with Gasteiger partial charge in [-0.25, -0.2) is 9.07 Å². The first-order chi connectivity index (χ1) is 17.1. The highest BCUT2D eigenvalue weighted by atomic mass is 19.1. The molecule has 2 aromatic heterocycles. The van der Waals surface area contributed by atoms with Crippen LogP contribution in [0.25, 0.3) is 28.0 Å². The minimum atomic E-state index is -0.314. The number of nitrogens with one attached hydrogen (secondary N) is 1. The summed E-state index contributed by atoms with van der Waals surface area (Å²) in [5.74, 6) is -0.274. The van der Waals surface area contributed by atoms with Crippen LogP contribution in [0.1, 0.15) is 11.1 Å². The fraction of sp³-hybridized carbons (Fsp3) is 0.107. The SMILES string of the molecule is Cc1cc(OCC(=O)NCc2ccc(F)cc2)nc2c1c(-c1ccccc1)nn2-c1ccccc1. The van der Waals surface area contributed by atoms with E-state index in [2.05, 4.69) is 5.32 Å². The molecule has 6 nitrogen and oxygen atoms in total. The van der Waals surface area contributed by atoms with Crippen molar-refractivity contribution >= 4 is 16.9 Å².